The number of carbonyl (C=O) groups excluding carboxylic acids is 1. The third-order valence-corrected chi connectivity index (χ3v) is 2.85. The lowest BCUT2D eigenvalue weighted by Gasteiger charge is -2.08. The van der Waals surface area contributed by atoms with Crippen LogP contribution in [0.2, 0.25) is 0 Å². The van der Waals surface area contributed by atoms with Crippen LogP contribution in [-0.4, -0.2) is 17.6 Å². The van der Waals surface area contributed by atoms with E-state index in [0.717, 1.165) is 31.2 Å². The van der Waals surface area contributed by atoms with Crippen molar-refractivity contribution in [3.8, 4) is 5.75 Å². The molecule has 0 fully saturated rings. The lowest BCUT2D eigenvalue weighted by molar-refractivity contribution is -0.116. The number of aromatic hydroxyl groups is 1. The Bertz CT molecular complexity index is 391. The molecular weight excluding hydrogens is 228 g/mol. The maximum absolute atomic E-state index is 11.7. The Labute approximate surface area is 108 Å². The maximum Gasteiger partial charge on any atom is 0.224 e. The van der Waals surface area contributed by atoms with Gasteiger partial charge >= 0.3 is 0 Å². The molecule has 4 heteroatoms. The summed E-state index contributed by atoms with van der Waals surface area (Å²) in [5.74, 6) is 0.0538. The first kappa shape index (κ1) is 14.5. The number of phenolic OH excluding ortho intramolecular Hbond substituents is 1. The van der Waals surface area contributed by atoms with Crippen LogP contribution in [-0.2, 0) is 11.2 Å². The third kappa shape index (κ3) is 4.75. The number of hydrogen-bond acceptors (Lipinski definition) is 3. The quantitative estimate of drug-likeness (QED) is 0.514. The molecule has 0 atom stereocenters. The van der Waals surface area contributed by atoms with Crippen molar-refractivity contribution in [3.63, 3.8) is 0 Å². The molecule has 1 aromatic rings. The van der Waals surface area contributed by atoms with Gasteiger partial charge in [-0.15, -0.1) is 0 Å². The summed E-state index contributed by atoms with van der Waals surface area (Å²) in [6, 6.07) is 5.28. The monoisotopic (exact) mass is 250 g/mol. The van der Waals surface area contributed by atoms with Crippen molar-refractivity contribution in [1.82, 2.24) is 0 Å². The minimum atomic E-state index is -0.0597. The molecule has 1 amide bonds. The summed E-state index contributed by atoms with van der Waals surface area (Å²) in [5, 5.41) is 12.4. The fraction of sp³-hybridized carbons (Fsp3) is 0.500. The predicted molar refractivity (Wildman–Crippen MR) is 73.6 cm³/mol. The Morgan fingerprint density at radius 3 is 2.78 bits per heavy atom. The van der Waals surface area contributed by atoms with E-state index in [4.69, 9.17) is 5.73 Å². The number of nitrogens with one attached hydrogen (secondary N) is 1. The highest BCUT2D eigenvalue weighted by atomic mass is 16.3. The van der Waals surface area contributed by atoms with E-state index in [9.17, 15) is 9.90 Å². The Morgan fingerprint density at radius 2 is 2.11 bits per heavy atom. The van der Waals surface area contributed by atoms with Gasteiger partial charge in [0, 0.05) is 6.42 Å². The second kappa shape index (κ2) is 7.71. The van der Waals surface area contributed by atoms with Crippen LogP contribution in [0.1, 0.15) is 38.2 Å². The molecule has 1 aromatic carbocycles. The molecule has 0 spiro atoms. The molecule has 0 radical (unpaired) electrons. The molecule has 0 aromatic heterocycles. The molecule has 100 valence electrons. The van der Waals surface area contributed by atoms with E-state index in [0.29, 0.717) is 18.7 Å². The molecule has 0 unspecified atom stereocenters. The topological polar surface area (TPSA) is 75.3 Å². The van der Waals surface area contributed by atoms with E-state index in [1.165, 1.54) is 0 Å². The minimum absolute atomic E-state index is 0.0597. The van der Waals surface area contributed by atoms with E-state index in [1.807, 2.05) is 19.1 Å². The maximum atomic E-state index is 11.7. The average Bonchev–Trinajstić information content (AvgIpc) is 2.37. The van der Waals surface area contributed by atoms with Crippen LogP contribution in [0.5, 0.6) is 5.75 Å². The van der Waals surface area contributed by atoms with Gasteiger partial charge in [0.25, 0.3) is 0 Å². The van der Waals surface area contributed by atoms with E-state index >= 15 is 0 Å². The normalized spacial score (nSPS) is 10.3. The van der Waals surface area contributed by atoms with Crippen molar-refractivity contribution >= 4 is 11.6 Å². The van der Waals surface area contributed by atoms with E-state index in [-0.39, 0.29) is 11.7 Å². The van der Waals surface area contributed by atoms with Crippen molar-refractivity contribution in [2.75, 3.05) is 11.9 Å². The highest BCUT2D eigenvalue weighted by molar-refractivity contribution is 5.92. The molecule has 0 bridgehead atoms. The van der Waals surface area contributed by atoms with Gasteiger partial charge in [-0.05, 0) is 43.5 Å². The van der Waals surface area contributed by atoms with Crippen LogP contribution < -0.4 is 11.1 Å². The van der Waals surface area contributed by atoms with Gasteiger partial charge in [0.1, 0.15) is 5.75 Å². The molecule has 0 saturated carbocycles. The van der Waals surface area contributed by atoms with Gasteiger partial charge in [-0.25, -0.2) is 0 Å². The van der Waals surface area contributed by atoms with Crippen LogP contribution >= 0.6 is 0 Å². The number of hydrogen-bond donors (Lipinski definition) is 3. The summed E-state index contributed by atoms with van der Waals surface area (Å²) in [5.41, 5.74) is 6.97. The van der Waals surface area contributed by atoms with E-state index in [1.54, 1.807) is 6.07 Å². The van der Waals surface area contributed by atoms with Crippen molar-refractivity contribution in [3.05, 3.63) is 23.8 Å². The summed E-state index contributed by atoms with van der Waals surface area (Å²) in [6.45, 7) is 2.70. The number of aryl methyl sites for hydroxylation is 1. The zero-order valence-electron chi connectivity index (χ0n) is 10.9. The zero-order valence-corrected chi connectivity index (χ0v) is 10.9. The summed E-state index contributed by atoms with van der Waals surface area (Å²) in [6.07, 6.45) is 4.08. The predicted octanol–water partition coefficient (Wildman–Crippen LogP) is 2.41. The van der Waals surface area contributed by atoms with Gasteiger partial charge in [-0.1, -0.05) is 19.4 Å². The van der Waals surface area contributed by atoms with Gasteiger partial charge in [-0.3, -0.25) is 4.79 Å². The van der Waals surface area contributed by atoms with Gasteiger partial charge in [0.2, 0.25) is 5.91 Å². The molecule has 4 N–H and O–H groups in total. The Kier molecular flexibility index (Phi) is 6.22. The SMILES string of the molecule is CCc1ccc(O)c(NC(=O)CCCCCN)c1. The second-order valence-corrected chi connectivity index (χ2v) is 4.35. The van der Waals surface area contributed by atoms with Crippen LogP contribution in [0.15, 0.2) is 18.2 Å². The highest BCUT2D eigenvalue weighted by Crippen LogP contribution is 2.24. The van der Waals surface area contributed by atoms with Crippen molar-refractivity contribution in [1.29, 1.82) is 0 Å². The molecule has 0 heterocycles. The fourth-order valence-electron chi connectivity index (χ4n) is 1.72. The Hall–Kier alpha value is -1.55. The highest BCUT2D eigenvalue weighted by Gasteiger charge is 2.06. The van der Waals surface area contributed by atoms with E-state index < -0.39 is 0 Å². The minimum Gasteiger partial charge on any atom is -0.506 e. The number of rotatable bonds is 7. The van der Waals surface area contributed by atoms with Gasteiger partial charge in [-0.2, -0.15) is 0 Å². The average molecular weight is 250 g/mol. The Balaban J connectivity index is 2.48. The number of phenols is 1. The van der Waals surface area contributed by atoms with Gasteiger partial charge < -0.3 is 16.2 Å². The first-order chi connectivity index (χ1) is 8.67. The van der Waals surface area contributed by atoms with Crippen molar-refractivity contribution in [2.45, 2.75) is 39.0 Å². The number of nitrogens with two attached hydrogens (primary N) is 1. The lowest BCUT2D eigenvalue weighted by Crippen LogP contribution is -2.11. The number of unbranched alkanes of at least 4 members (excludes halogenated alkanes) is 2. The number of carbonyl (C=O) groups is 1. The molecule has 0 aliphatic carbocycles. The first-order valence-electron chi connectivity index (χ1n) is 6.49. The van der Waals surface area contributed by atoms with Crippen molar-refractivity contribution in [2.24, 2.45) is 5.73 Å². The van der Waals surface area contributed by atoms with Crippen LogP contribution in [0.3, 0.4) is 0 Å². The molecular formula is C14H22N2O2. The largest absolute Gasteiger partial charge is 0.506 e. The molecule has 1 rings (SSSR count). The summed E-state index contributed by atoms with van der Waals surface area (Å²) >= 11 is 0. The lowest BCUT2D eigenvalue weighted by atomic mass is 10.1. The fourth-order valence-corrected chi connectivity index (χ4v) is 1.72. The Morgan fingerprint density at radius 1 is 1.33 bits per heavy atom. The van der Waals surface area contributed by atoms with Gasteiger partial charge in [0.15, 0.2) is 0 Å². The molecule has 0 aliphatic rings. The summed E-state index contributed by atoms with van der Waals surface area (Å²) in [4.78, 5) is 11.7. The third-order valence-electron chi connectivity index (χ3n) is 2.85. The standard InChI is InChI=1S/C14H22N2O2/c1-2-11-7-8-13(17)12(10-11)16-14(18)6-4-3-5-9-15/h7-8,10,17H,2-6,9,15H2,1H3,(H,16,18). The molecule has 18 heavy (non-hydrogen) atoms. The number of benzene rings is 1. The second-order valence-electron chi connectivity index (χ2n) is 4.35. The molecule has 0 aliphatic heterocycles. The zero-order chi connectivity index (χ0) is 13.4. The number of amides is 1. The first-order valence-corrected chi connectivity index (χ1v) is 6.49. The van der Waals surface area contributed by atoms with Crippen LogP contribution in [0.25, 0.3) is 0 Å². The number of anilines is 1. The van der Waals surface area contributed by atoms with Crippen LogP contribution in [0, 0.1) is 0 Å². The molecule has 0 saturated heterocycles. The smallest absolute Gasteiger partial charge is 0.224 e. The van der Waals surface area contributed by atoms with E-state index in [2.05, 4.69) is 5.32 Å². The van der Waals surface area contributed by atoms with Crippen LogP contribution in [0.4, 0.5) is 5.69 Å². The molecule has 4 nitrogen and oxygen atoms in total. The summed E-state index contributed by atoms with van der Waals surface area (Å²) in [7, 11) is 0. The van der Waals surface area contributed by atoms with Crippen molar-refractivity contribution < 1.29 is 9.90 Å². The van der Waals surface area contributed by atoms with Gasteiger partial charge in [0.05, 0.1) is 5.69 Å². The summed E-state index contributed by atoms with van der Waals surface area (Å²) < 4.78 is 0.